The predicted molar refractivity (Wildman–Crippen MR) is 70.1 cm³/mol. The van der Waals surface area contributed by atoms with E-state index in [9.17, 15) is 5.11 Å². The van der Waals surface area contributed by atoms with Crippen LogP contribution >= 0.6 is 0 Å². The van der Waals surface area contributed by atoms with E-state index >= 15 is 0 Å². The first-order valence-corrected chi connectivity index (χ1v) is 6.34. The summed E-state index contributed by atoms with van der Waals surface area (Å²) in [7, 11) is 0. The van der Waals surface area contributed by atoms with Gasteiger partial charge in [0, 0.05) is 6.04 Å². The van der Waals surface area contributed by atoms with Crippen LogP contribution < -0.4 is 14.8 Å². The Balaban J connectivity index is 2.31. The molecular formula is C14H21NO3. The van der Waals surface area contributed by atoms with Gasteiger partial charge in [-0.05, 0) is 38.5 Å². The van der Waals surface area contributed by atoms with Gasteiger partial charge in [-0.15, -0.1) is 0 Å². The maximum atomic E-state index is 9.66. The Morgan fingerprint density at radius 3 is 2.56 bits per heavy atom. The van der Waals surface area contributed by atoms with Crippen molar-refractivity contribution in [3.8, 4) is 11.5 Å². The summed E-state index contributed by atoms with van der Waals surface area (Å²) >= 11 is 0. The summed E-state index contributed by atoms with van der Waals surface area (Å²) in [5.41, 5.74) is 0.534. The maximum Gasteiger partial charge on any atom is 0.161 e. The Bertz CT molecular complexity index is 420. The molecule has 1 heterocycles. The second kappa shape index (κ2) is 5.16. The van der Waals surface area contributed by atoms with Crippen LogP contribution in [0.25, 0.3) is 0 Å². The van der Waals surface area contributed by atoms with Gasteiger partial charge in [-0.3, -0.25) is 0 Å². The third-order valence-electron chi connectivity index (χ3n) is 3.10. The summed E-state index contributed by atoms with van der Waals surface area (Å²) in [5.74, 6) is 1.53. The molecule has 0 saturated carbocycles. The highest BCUT2D eigenvalue weighted by molar-refractivity contribution is 5.45. The summed E-state index contributed by atoms with van der Waals surface area (Å²) in [6.45, 7) is 7.30. The zero-order chi connectivity index (χ0) is 13.2. The van der Waals surface area contributed by atoms with Gasteiger partial charge < -0.3 is 19.9 Å². The predicted octanol–water partition coefficient (Wildman–Crippen LogP) is 1.66. The molecule has 1 atom stereocenters. The molecule has 4 nitrogen and oxygen atoms in total. The fraction of sp³-hybridized carbons (Fsp3) is 0.571. The molecule has 1 aromatic carbocycles. The summed E-state index contributed by atoms with van der Waals surface area (Å²) in [6.07, 6.45) is 0. The van der Waals surface area contributed by atoms with E-state index in [1.54, 1.807) is 0 Å². The largest absolute Gasteiger partial charge is 0.486 e. The number of hydrogen-bond acceptors (Lipinski definition) is 4. The molecule has 0 fully saturated rings. The molecule has 1 aliphatic rings. The summed E-state index contributed by atoms with van der Waals surface area (Å²) < 4.78 is 11.1. The first kappa shape index (κ1) is 13.2. The van der Waals surface area contributed by atoms with Gasteiger partial charge >= 0.3 is 0 Å². The highest BCUT2D eigenvalue weighted by atomic mass is 16.6. The zero-order valence-corrected chi connectivity index (χ0v) is 11.2. The van der Waals surface area contributed by atoms with E-state index in [1.165, 1.54) is 0 Å². The van der Waals surface area contributed by atoms with Crippen LogP contribution in [0.3, 0.4) is 0 Å². The molecule has 1 aromatic rings. The van der Waals surface area contributed by atoms with Gasteiger partial charge in [0.25, 0.3) is 0 Å². The minimum Gasteiger partial charge on any atom is -0.486 e. The van der Waals surface area contributed by atoms with Crippen molar-refractivity contribution in [3.05, 3.63) is 23.8 Å². The second-order valence-corrected chi connectivity index (χ2v) is 5.15. The zero-order valence-electron chi connectivity index (χ0n) is 11.2. The summed E-state index contributed by atoms with van der Waals surface area (Å²) in [6, 6.07) is 6.11. The molecule has 0 radical (unpaired) electrons. The van der Waals surface area contributed by atoms with Gasteiger partial charge in [-0.2, -0.15) is 0 Å². The number of aliphatic hydroxyl groups excluding tert-OH is 1. The molecule has 1 unspecified atom stereocenters. The molecule has 100 valence electrons. The molecule has 18 heavy (non-hydrogen) atoms. The number of benzene rings is 1. The molecule has 0 aromatic heterocycles. The molecule has 0 bridgehead atoms. The van der Waals surface area contributed by atoms with Crippen molar-refractivity contribution in [3.63, 3.8) is 0 Å². The lowest BCUT2D eigenvalue weighted by molar-refractivity contribution is 0.159. The Hall–Kier alpha value is -1.26. The number of ether oxygens (including phenoxy) is 2. The SMILES string of the molecule is CC(C)NC(C)(CO)c1ccc2c(c1)OCCO2. The highest BCUT2D eigenvalue weighted by Gasteiger charge is 2.28. The van der Waals surface area contributed by atoms with E-state index in [0.717, 1.165) is 17.1 Å². The minimum absolute atomic E-state index is 0.0326. The van der Waals surface area contributed by atoms with Crippen LogP contribution in [0.5, 0.6) is 11.5 Å². The van der Waals surface area contributed by atoms with Gasteiger partial charge in [0.2, 0.25) is 0 Å². The van der Waals surface area contributed by atoms with Crippen molar-refractivity contribution in [1.82, 2.24) is 5.32 Å². The van der Waals surface area contributed by atoms with Crippen LogP contribution in [-0.4, -0.2) is 31.0 Å². The lowest BCUT2D eigenvalue weighted by Gasteiger charge is -2.32. The first-order valence-electron chi connectivity index (χ1n) is 6.34. The van der Waals surface area contributed by atoms with E-state index < -0.39 is 5.54 Å². The molecule has 0 saturated heterocycles. The maximum absolute atomic E-state index is 9.66. The topological polar surface area (TPSA) is 50.7 Å². The Morgan fingerprint density at radius 1 is 1.28 bits per heavy atom. The number of rotatable bonds is 4. The van der Waals surface area contributed by atoms with Gasteiger partial charge in [-0.1, -0.05) is 6.07 Å². The number of aliphatic hydroxyl groups is 1. The Kier molecular flexibility index (Phi) is 3.78. The molecule has 0 amide bonds. The first-order chi connectivity index (χ1) is 8.55. The molecule has 2 N–H and O–H groups in total. The van der Waals surface area contributed by atoms with Crippen LogP contribution in [0.2, 0.25) is 0 Å². The van der Waals surface area contributed by atoms with Gasteiger partial charge in [-0.25, -0.2) is 0 Å². The van der Waals surface area contributed by atoms with Crippen molar-refractivity contribution >= 4 is 0 Å². The van der Waals surface area contributed by atoms with E-state index in [4.69, 9.17) is 9.47 Å². The highest BCUT2D eigenvalue weighted by Crippen LogP contribution is 2.34. The number of hydrogen-bond donors (Lipinski definition) is 2. The average Bonchev–Trinajstić information content (AvgIpc) is 2.37. The third kappa shape index (κ3) is 2.60. The molecule has 1 aliphatic heterocycles. The van der Waals surface area contributed by atoms with Gasteiger partial charge in [0.15, 0.2) is 11.5 Å². The third-order valence-corrected chi connectivity index (χ3v) is 3.10. The number of nitrogens with one attached hydrogen (secondary N) is 1. The van der Waals surface area contributed by atoms with Crippen LogP contribution in [0.1, 0.15) is 26.3 Å². The van der Waals surface area contributed by atoms with Crippen molar-refractivity contribution in [2.24, 2.45) is 0 Å². The summed E-state index contributed by atoms with van der Waals surface area (Å²) in [5, 5.41) is 13.0. The lowest BCUT2D eigenvalue weighted by atomic mass is 9.91. The molecule has 0 spiro atoms. The standard InChI is InChI=1S/C14H21NO3/c1-10(2)15-14(3,9-16)11-4-5-12-13(8-11)18-7-6-17-12/h4-5,8,10,15-16H,6-7,9H2,1-3H3. The van der Waals surface area contributed by atoms with E-state index in [1.807, 2.05) is 25.1 Å². The van der Waals surface area contributed by atoms with E-state index in [0.29, 0.717) is 13.2 Å². The van der Waals surface area contributed by atoms with Crippen LogP contribution in [-0.2, 0) is 5.54 Å². The van der Waals surface area contributed by atoms with Crippen molar-refractivity contribution < 1.29 is 14.6 Å². The molecular weight excluding hydrogens is 230 g/mol. The second-order valence-electron chi connectivity index (χ2n) is 5.15. The van der Waals surface area contributed by atoms with E-state index in [-0.39, 0.29) is 12.6 Å². The fourth-order valence-electron chi connectivity index (χ4n) is 2.24. The van der Waals surface area contributed by atoms with Crippen LogP contribution in [0.15, 0.2) is 18.2 Å². The minimum atomic E-state index is -0.468. The van der Waals surface area contributed by atoms with Gasteiger partial charge in [0.1, 0.15) is 13.2 Å². The normalized spacial score (nSPS) is 17.6. The van der Waals surface area contributed by atoms with Gasteiger partial charge in [0.05, 0.1) is 12.1 Å². The summed E-state index contributed by atoms with van der Waals surface area (Å²) in [4.78, 5) is 0. The smallest absolute Gasteiger partial charge is 0.161 e. The van der Waals surface area contributed by atoms with E-state index in [2.05, 4.69) is 19.2 Å². The Morgan fingerprint density at radius 2 is 1.94 bits per heavy atom. The quantitative estimate of drug-likeness (QED) is 0.854. The number of fused-ring (bicyclic) bond motifs is 1. The van der Waals surface area contributed by atoms with Crippen molar-refractivity contribution in [1.29, 1.82) is 0 Å². The average molecular weight is 251 g/mol. The monoisotopic (exact) mass is 251 g/mol. The van der Waals surface area contributed by atoms with Crippen LogP contribution in [0.4, 0.5) is 0 Å². The molecule has 4 heteroatoms. The van der Waals surface area contributed by atoms with Crippen molar-refractivity contribution in [2.45, 2.75) is 32.4 Å². The molecule has 2 rings (SSSR count). The molecule has 0 aliphatic carbocycles. The fourth-order valence-corrected chi connectivity index (χ4v) is 2.24. The van der Waals surface area contributed by atoms with Crippen LogP contribution in [0, 0.1) is 0 Å². The Labute approximate surface area is 108 Å². The lowest BCUT2D eigenvalue weighted by Crippen LogP contribution is -2.46. The van der Waals surface area contributed by atoms with Crippen molar-refractivity contribution in [2.75, 3.05) is 19.8 Å².